The van der Waals surface area contributed by atoms with Crippen LogP contribution in [-0.4, -0.2) is 40.1 Å². The van der Waals surface area contributed by atoms with Crippen molar-refractivity contribution < 1.29 is 9.21 Å². The first-order valence-electron chi connectivity index (χ1n) is 12.0. The summed E-state index contributed by atoms with van der Waals surface area (Å²) in [6.45, 7) is 4.12. The fourth-order valence-corrected chi connectivity index (χ4v) is 4.58. The topological polar surface area (TPSA) is 93.3 Å². The molecule has 0 spiro atoms. The molecule has 3 aromatic heterocycles. The molecule has 1 atom stereocenters. The molecule has 0 radical (unpaired) electrons. The van der Waals surface area contributed by atoms with E-state index in [1.54, 1.807) is 17.0 Å². The van der Waals surface area contributed by atoms with Gasteiger partial charge in [0.2, 0.25) is 5.91 Å². The summed E-state index contributed by atoms with van der Waals surface area (Å²) in [5, 5.41) is 3.02. The van der Waals surface area contributed by atoms with E-state index in [2.05, 4.69) is 10.3 Å². The highest BCUT2D eigenvalue weighted by molar-refractivity contribution is 5.79. The molecule has 1 aromatic carbocycles. The van der Waals surface area contributed by atoms with E-state index in [1.807, 2.05) is 60.4 Å². The Kier molecular flexibility index (Phi) is 6.61. The smallest absolute Gasteiger partial charge is 0.295 e. The Labute approximate surface area is 203 Å². The second kappa shape index (κ2) is 10.1. The zero-order valence-corrected chi connectivity index (χ0v) is 19.8. The minimum absolute atomic E-state index is 0.00342. The number of amides is 1. The fraction of sp³-hybridized carbons (Fsp3) is 0.333. The van der Waals surface area contributed by atoms with E-state index in [9.17, 15) is 9.59 Å². The molecule has 0 unspecified atom stereocenters. The number of piperidine rings is 1. The van der Waals surface area contributed by atoms with Crippen molar-refractivity contribution in [1.82, 2.24) is 19.9 Å². The van der Waals surface area contributed by atoms with Gasteiger partial charge in [-0.1, -0.05) is 29.8 Å². The Morgan fingerprint density at radius 1 is 1.17 bits per heavy atom. The monoisotopic (exact) mass is 471 g/mol. The maximum absolute atomic E-state index is 13.6. The standard InChI is InChI=1S/C27H29N5O3/c1-19-8-10-20(11-9-19)17-32-24-23(7-2-13-28-24)30-25(27(32)34)31-15-3-5-21(18-31)26(33)29-14-12-22-6-4-16-35-22/h2,4,6-11,13,16,21H,3,5,12,14-15,17-18H2,1H3,(H,29,33)/t21-/m1/s1. The van der Waals surface area contributed by atoms with Crippen LogP contribution in [0.4, 0.5) is 5.82 Å². The number of anilines is 1. The number of nitrogens with one attached hydrogen (secondary N) is 1. The largest absolute Gasteiger partial charge is 0.469 e. The quantitative estimate of drug-likeness (QED) is 0.445. The van der Waals surface area contributed by atoms with Crippen molar-refractivity contribution in [3.8, 4) is 0 Å². The van der Waals surface area contributed by atoms with Crippen LogP contribution in [0.5, 0.6) is 0 Å². The van der Waals surface area contributed by atoms with E-state index in [4.69, 9.17) is 9.40 Å². The van der Waals surface area contributed by atoms with Gasteiger partial charge in [0.05, 0.1) is 18.7 Å². The van der Waals surface area contributed by atoms with Crippen LogP contribution in [0.2, 0.25) is 0 Å². The van der Waals surface area contributed by atoms with Gasteiger partial charge in [-0.2, -0.15) is 0 Å². The maximum Gasteiger partial charge on any atom is 0.295 e. The Bertz CT molecular complexity index is 1360. The molecule has 1 fully saturated rings. The molecule has 8 heteroatoms. The lowest BCUT2D eigenvalue weighted by molar-refractivity contribution is -0.125. The van der Waals surface area contributed by atoms with Gasteiger partial charge >= 0.3 is 0 Å². The molecule has 4 aromatic rings. The second-order valence-corrected chi connectivity index (χ2v) is 9.06. The SMILES string of the molecule is Cc1ccc(Cn2c(=O)c(N3CCC[C@@H](C(=O)NCCc4ccco4)C3)nc3cccnc32)cc1. The summed E-state index contributed by atoms with van der Waals surface area (Å²) < 4.78 is 7.02. The van der Waals surface area contributed by atoms with E-state index < -0.39 is 0 Å². The Hall–Kier alpha value is -3.94. The zero-order chi connectivity index (χ0) is 24.2. The van der Waals surface area contributed by atoms with E-state index in [1.165, 1.54) is 5.56 Å². The van der Waals surface area contributed by atoms with Crippen LogP contribution in [0.15, 0.2) is 70.2 Å². The number of carbonyl (C=O) groups is 1. The summed E-state index contributed by atoms with van der Waals surface area (Å²) in [7, 11) is 0. The lowest BCUT2D eigenvalue weighted by atomic mass is 9.97. The molecule has 0 bridgehead atoms. The first kappa shape index (κ1) is 22.8. The van der Waals surface area contributed by atoms with Gasteiger partial charge < -0.3 is 14.6 Å². The molecule has 1 aliphatic rings. The summed E-state index contributed by atoms with van der Waals surface area (Å²) in [5.41, 5.74) is 3.23. The van der Waals surface area contributed by atoms with E-state index in [0.29, 0.717) is 49.6 Å². The number of fused-ring (bicyclic) bond motifs is 1. The lowest BCUT2D eigenvalue weighted by Gasteiger charge is -2.32. The second-order valence-electron chi connectivity index (χ2n) is 9.06. The number of rotatable bonds is 7. The van der Waals surface area contributed by atoms with Crippen molar-refractivity contribution in [2.24, 2.45) is 5.92 Å². The highest BCUT2D eigenvalue weighted by atomic mass is 16.3. The van der Waals surface area contributed by atoms with Crippen LogP contribution in [0.3, 0.4) is 0 Å². The minimum Gasteiger partial charge on any atom is -0.469 e. The van der Waals surface area contributed by atoms with Gasteiger partial charge in [0.25, 0.3) is 5.56 Å². The summed E-state index contributed by atoms with van der Waals surface area (Å²) in [6, 6.07) is 15.6. The van der Waals surface area contributed by atoms with E-state index in [0.717, 1.165) is 24.2 Å². The number of benzene rings is 1. The van der Waals surface area contributed by atoms with Crippen molar-refractivity contribution in [1.29, 1.82) is 0 Å². The molecule has 1 N–H and O–H groups in total. The first-order valence-corrected chi connectivity index (χ1v) is 12.0. The van der Waals surface area contributed by atoms with Crippen LogP contribution >= 0.6 is 0 Å². The predicted octanol–water partition coefficient (Wildman–Crippen LogP) is 3.32. The molecular weight excluding hydrogens is 442 g/mol. The third-order valence-electron chi connectivity index (χ3n) is 6.49. The highest BCUT2D eigenvalue weighted by Gasteiger charge is 2.28. The minimum atomic E-state index is -0.198. The van der Waals surface area contributed by atoms with Crippen LogP contribution in [0.25, 0.3) is 11.2 Å². The number of hydrogen-bond donors (Lipinski definition) is 1. The van der Waals surface area contributed by atoms with Gasteiger partial charge in [-0.05, 0) is 49.6 Å². The number of aryl methyl sites for hydroxylation is 1. The van der Waals surface area contributed by atoms with Gasteiger partial charge in [-0.25, -0.2) is 9.97 Å². The first-order chi connectivity index (χ1) is 17.1. The molecule has 0 aliphatic carbocycles. The molecule has 1 amide bonds. The zero-order valence-electron chi connectivity index (χ0n) is 19.8. The number of furan rings is 1. The number of carbonyl (C=O) groups excluding carboxylic acids is 1. The van der Waals surface area contributed by atoms with Crippen LogP contribution in [0, 0.1) is 12.8 Å². The van der Waals surface area contributed by atoms with E-state index in [-0.39, 0.29) is 17.4 Å². The molecule has 4 heterocycles. The van der Waals surface area contributed by atoms with Gasteiger partial charge in [-0.15, -0.1) is 0 Å². The molecule has 1 saturated heterocycles. The molecular formula is C27H29N5O3. The average Bonchev–Trinajstić information content (AvgIpc) is 3.40. The van der Waals surface area contributed by atoms with Gasteiger partial charge in [0, 0.05) is 32.3 Å². The Balaban J connectivity index is 1.37. The van der Waals surface area contributed by atoms with Crippen LogP contribution in [-0.2, 0) is 17.8 Å². The van der Waals surface area contributed by atoms with Crippen molar-refractivity contribution in [3.05, 3.63) is 88.2 Å². The molecule has 8 nitrogen and oxygen atoms in total. The van der Waals surface area contributed by atoms with Crippen molar-refractivity contribution in [2.75, 3.05) is 24.5 Å². The van der Waals surface area contributed by atoms with Gasteiger partial charge in [-0.3, -0.25) is 14.2 Å². The van der Waals surface area contributed by atoms with Crippen molar-refractivity contribution in [2.45, 2.75) is 32.7 Å². The maximum atomic E-state index is 13.6. The van der Waals surface area contributed by atoms with Crippen molar-refractivity contribution >= 4 is 22.9 Å². The Morgan fingerprint density at radius 3 is 2.83 bits per heavy atom. The lowest BCUT2D eigenvalue weighted by Crippen LogP contribution is -2.46. The van der Waals surface area contributed by atoms with Crippen LogP contribution in [0.1, 0.15) is 29.7 Å². The van der Waals surface area contributed by atoms with Crippen LogP contribution < -0.4 is 15.8 Å². The number of nitrogens with zero attached hydrogens (tertiary/aromatic N) is 4. The van der Waals surface area contributed by atoms with Gasteiger partial charge in [0.1, 0.15) is 11.3 Å². The predicted molar refractivity (Wildman–Crippen MR) is 134 cm³/mol. The normalized spacial score (nSPS) is 15.9. The number of hydrogen-bond acceptors (Lipinski definition) is 6. The molecule has 1 aliphatic heterocycles. The number of pyridine rings is 1. The molecule has 180 valence electrons. The van der Waals surface area contributed by atoms with Gasteiger partial charge in [0.15, 0.2) is 11.5 Å². The summed E-state index contributed by atoms with van der Waals surface area (Å²) in [5.74, 6) is 1.03. The van der Waals surface area contributed by atoms with E-state index >= 15 is 0 Å². The third kappa shape index (κ3) is 5.11. The molecule has 35 heavy (non-hydrogen) atoms. The summed E-state index contributed by atoms with van der Waals surface area (Å²) in [6.07, 6.45) is 5.57. The molecule has 5 rings (SSSR count). The summed E-state index contributed by atoms with van der Waals surface area (Å²) >= 11 is 0. The average molecular weight is 472 g/mol. The number of aromatic nitrogens is 3. The van der Waals surface area contributed by atoms with Crippen molar-refractivity contribution in [3.63, 3.8) is 0 Å². The highest BCUT2D eigenvalue weighted by Crippen LogP contribution is 2.22. The summed E-state index contributed by atoms with van der Waals surface area (Å²) in [4.78, 5) is 37.6. The molecule has 0 saturated carbocycles. The third-order valence-corrected chi connectivity index (χ3v) is 6.49. The fourth-order valence-electron chi connectivity index (χ4n) is 4.58. The Morgan fingerprint density at radius 2 is 2.03 bits per heavy atom.